The van der Waals surface area contributed by atoms with Gasteiger partial charge in [0.25, 0.3) is 5.91 Å². The van der Waals surface area contributed by atoms with Crippen LogP contribution in [-0.4, -0.2) is 27.0 Å². The van der Waals surface area contributed by atoms with Crippen molar-refractivity contribution in [2.24, 2.45) is 0 Å². The molecule has 2 heterocycles. The van der Waals surface area contributed by atoms with Crippen molar-refractivity contribution in [1.29, 1.82) is 0 Å². The number of thioether (sulfide) groups is 1. The van der Waals surface area contributed by atoms with E-state index in [1.165, 1.54) is 17.3 Å². The van der Waals surface area contributed by atoms with Gasteiger partial charge >= 0.3 is 0 Å². The lowest BCUT2D eigenvalue weighted by Crippen LogP contribution is -2.25. The van der Waals surface area contributed by atoms with Crippen molar-refractivity contribution in [1.82, 2.24) is 14.7 Å². The van der Waals surface area contributed by atoms with Gasteiger partial charge in [0, 0.05) is 12.7 Å². The van der Waals surface area contributed by atoms with Gasteiger partial charge in [0.2, 0.25) is 5.91 Å². The third kappa shape index (κ3) is 5.13. The third-order valence-electron chi connectivity index (χ3n) is 4.76. The lowest BCUT2D eigenvalue weighted by Gasteiger charge is -2.11. The largest absolute Gasteiger partial charge is 0.348 e. The van der Waals surface area contributed by atoms with Crippen LogP contribution < -0.4 is 10.6 Å². The molecule has 2 N–H and O–H groups in total. The van der Waals surface area contributed by atoms with Crippen LogP contribution >= 0.6 is 11.8 Å². The molecule has 0 aliphatic heterocycles. The Morgan fingerprint density at radius 2 is 1.77 bits per heavy atom. The standard InChI is InChI=1S/C24H22N4O2S/c1-17-9-11-18(12-10-17)14-25-23(30)20-7-2-3-8-21(20)27-22(29)16-31-24-26-15-19-6-4-5-13-28(19)24/h2-13,15H,14,16H2,1H3,(H,25,30)(H,27,29). The number of carbonyl (C=O) groups excluding carboxylic acids is 2. The topological polar surface area (TPSA) is 75.5 Å². The maximum absolute atomic E-state index is 12.7. The lowest BCUT2D eigenvalue weighted by molar-refractivity contribution is -0.113. The first-order valence-corrected chi connectivity index (χ1v) is 10.9. The number of aromatic nitrogens is 2. The van der Waals surface area contributed by atoms with Gasteiger partial charge in [-0.1, -0.05) is 59.8 Å². The summed E-state index contributed by atoms with van der Waals surface area (Å²) in [5.74, 6) is -0.243. The van der Waals surface area contributed by atoms with E-state index in [0.717, 1.165) is 16.2 Å². The summed E-state index contributed by atoms with van der Waals surface area (Å²) in [6.45, 7) is 2.44. The van der Waals surface area contributed by atoms with Crippen LogP contribution in [0.25, 0.3) is 5.52 Å². The fourth-order valence-corrected chi connectivity index (χ4v) is 3.88. The molecule has 2 aromatic carbocycles. The van der Waals surface area contributed by atoms with Crippen LogP contribution in [0.5, 0.6) is 0 Å². The van der Waals surface area contributed by atoms with Crippen molar-refractivity contribution in [3.63, 3.8) is 0 Å². The molecule has 0 aliphatic carbocycles. The first-order chi connectivity index (χ1) is 15.1. The molecule has 4 rings (SSSR count). The summed E-state index contributed by atoms with van der Waals surface area (Å²) in [5, 5.41) is 6.51. The number of rotatable bonds is 7. The second-order valence-electron chi connectivity index (χ2n) is 7.09. The monoisotopic (exact) mass is 430 g/mol. The second kappa shape index (κ2) is 9.49. The lowest BCUT2D eigenvalue weighted by atomic mass is 10.1. The summed E-state index contributed by atoms with van der Waals surface area (Å²) in [6, 6.07) is 20.8. The Balaban J connectivity index is 1.37. The quantitative estimate of drug-likeness (QED) is 0.429. The van der Waals surface area contributed by atoms with Gasteiger partial charge < -0.3 is 10.6 Å². The third-order valence-corrected chi connectivity index (χ3v) is 5.72. The van der Waals surface area contributed by atoms with Gasteiger partial charge in [-0.2, -0.15) is 0 Å². The van der Waals surface area contributed by atoms with Crippen molar-refractivity contribution >= 4 is 34.8 Å². The number of carbonyl (C=O) groups is 2. The molecule has 4 aromatic rings. The Morgan fingerprint density at radius 3 is 2.61 bits per heavy atom. The summed E-state index contributed by atoms with van der Waals surface area (Å²) in [5.41, 5.74) is 4.08. The summed E-state index contributed by atoms with van der Waals surface area (Å²) < 4.78 is 1.93. The molecule has 0 aliphatic rings. The van der Waals surface area contributed by atoms with E-state index in [9.17, 15) is 9.59 Å². The molecule has 0 spiro atoms. The molecule has 2 amide bonds. The molecular weight excluding hydrogens is 408 g/mol. The van der Waals surface area contributed by atoms with Crippen molar-refractivity contribution in [2.75, 3.05) is 11.1 Å². The Morgan fingerprint density at radius 1 is 1.00 bits per heavy atom. The summed E-state index contributed by atoms with van der Waals surface area (Å²) in [7, 11) is 0. The first-order valence-electron chi connectivity index (χ1n) is 9.87. The normalized spacial score (nSPS) is 10.7. The van der Waals surface area contributed by atoms with E-state index >= 15 is 0 Å². The number of hydrogen-bond donors (Lipinski definition) is 2. The SMILES string of the molecule is Cc1ccc(CNC(=O)c2ccccc2NC(=O)CSc2ncc3ccccn23)cc1. The van der Waals surface area contributed by atoms with E-state index in [1.807, 2.05) is 60.0 Å². The summed E-state index contributed by atoms with van der Waals surface area (Å²) in [4.78, 5) is 29.6. The Labute approximate surface area is 184 Å². The van der Waals surface area contributed by atoms with Gasteiger partial charge in [-0.05, 0) is 36.8 Å². The smallest absolute Gasteiger partial charge is 0.253 e. The predicted octanol–water partition coefficient (Wildman–Crippen LogP) is 4.30. The van der Waals surface area contributed by atoms with Crippen LogP contribution in [0.3, 0.4) is 0 Å². The van der Waals surface area contributed by atoms with E-state index in [-0.39, 0.29) is 17.6 Å². The number of nitrogens with one attached hydrogen (secondary N) is 2. The van der Waals surface area contributed by atoms with Crippen LogP contribution in [-0.2, 0) is 11.3 Å². The molecule has 7 heteroatoms. The van der Waals surface area contributed by atoms with Crippen LogP contribution in [0.2, 0.25) is 0 Å². The van der Waals surface area contributed by atoms with Crippen molar-refractivity contribution in [3.05, 3.63) is 95.8 Å². The summed E-state index contributed by atoms with van der Waals surface area (Å²) in [6.07, 6.45) is 3.68. The van der Waals surface area contributed by atoms with E-state index in [0.29, 0.717) is 17.8 Å². The zero-order chi connectivity index (χ0) is 21.6. The van der Waals surface area contributed by atoms with Gasteiger partial charge in [0.1, 0.15) is 0 Å². The first kappa shape index (κ1) is 20.7. The number of anilines is 1. The molecular formula is C24H22N4O2S. The number of nitrogens with zero attached hydrogens (tertiary/aromatic N) is 2. The minimum Gasteiger partial charge on any atom is -0.348 e. The van der Waals surface area contributed by atoms with Crippen LogP contribution in [0.15, 0.2) is 84.3 Å². The molecule has 0 atom stereocenters. The van der Waals surface area contributed by atoms with E-state index in [1.54, 1.807) is 30.5 Å². The molecule has 2 aromatic heterocycles. The molecule has 0 unspecified atom stereocenters. The van der Waals surface area contributed by atoms with E-state index in [4.69, 9.17) is 0 Å². The number of benzene rings is 2. The van der Waals surface area contributed by atoms with Crippen molar-refractivity contribution in [2.45, 2.75) is 18.6 Å². The molecule has 0 saturated carbocycles. The average Bonchev–Trinajstić information content (AvgIpc) is 3.21. The maximum Gasteiger partial charge on any atom is 0.253 e. The minimum atomic E-state index is -0.233. The number of fused-ring (bicyclic) bond motifs is 1. The maximum atomic E-state index is 12.7. The number of pyridine rings is 1. The zero-order valence-electron chi connectivity index (χ0n) is 17.0. The molecule has 31 heavy (non-hydrogen) atoms. The molecule has 156 valence electrons. The van der Waals surface area contributed by atoms with Gasteiger partial charge in [-0.3, -0.25) is 14.0 Å². The highest BCUT2D eigenvalue weighted by Crippen LogP contribution is 2.20. The van der Waals surface area contributed by atoms with Gasteiger partial charge in [-0.15, -0.1) is 0 Å². The second-order valence-corrected chi connectivity index (χ2v) is 8.03. The number of para-hydroxylation sites is 1. The number of hydrogen-bond acceptors (Lipinski definition) is 4. The Kier molecular flexibility index (Phi) is 6.33. The highest BCUT2D eigenvalue weighted by molar-refractivity contribution is 7.99. The molecule has 0 fully saturated rings. The average molecular weight is 431 g/mol. The van der Waals surface area contributed by atoms with Crippen molar-refractivity contribution in [3.8, 4) is 0 Å². The fraction of sp³-hybridized carbons (Fsp3) is 0.125. The summed E-state index contributed by atoms with van der Waals surface area (Å²) >= 11 is 1.35. The highest BCUT2D eigenvalue weighted by atomic mass is 32.2. The molecule has 0 saturated heterocycles. The van der Waals surface area contributed by atoms with Gasteiger partial charge in [0.05, 0.1) is 28.7 Å². The molecule has 0 radical (unpaired) electrons. The number of imidazole rings is 1. The zero-order valence-corrected chi connectivity index (χ0v) is 17.9. The van der Waals surface area contributed by atoms with Gasteiger partial charge in [-0.25, -0.2) is 4.98 Å². The van der Waals surface area contributed by atoms with Crippen molar-refractivity contribution < 1.29 is 9.59 Å². The number of amides is 2. The predicted molar refractivity (Wildman–Crippen MR) is 123 cm³/mol. The Hall–Kier alpha value is -3.58. The fourth-order valence-electron chi connectivity index (χ4n) is 3.12. The van der Waals surface area contributed by atoms with E-state index in [2.05, 4.69) is 15.6 Å². The van der Waals surface area contributed by atoms with Crippen LogP contribution in [0, 0.1) is 6.92 Å². The molecule has 6 nitrogen and oxygen atoms in total. The number of aryl methyl sites for hydroxylation is 1. The minimum absolute atomic E-state index is 0.188. The highest BCUT2D eigenvalue weighted by Gasteiger charge is 2.14. The Bertz CT molecular complexity index is 1220. The van der Waals surface area contributed by atoms with Gasteiger partial charge in [0.15, 0.2) is 5.16 Å². The van der Waals surface area contributed by atoms with Crippen LogP contribution in [0.4, 0.5) is 5.69 Å². The molecule has 0 bridgehead atoms. The van der Waals surface area contributed by atoms with Crippen LogP contribution in [0.1, 0.15) is 21.5 Å². The van der Waals surface area contributed by atoms with E-state index < -0.39 is 0 Å².